The summed E-state index contributed by atoms with van der Waals surface area (Å²) in [6.45, 7) is 2.16. The van der Waals surface area contributed by atoms with Crippen LogP contribution in [0.15, 0.2) is 4.99 Å². The Labute approximate surface area is 48.1 Å². The molecule has 46 valence electrons. The van der Waals surface area contributed by atoms with Crippen LogP contribution in [0.2, 0.25) is 0 Å². The van der Waals surface area contributed by atoms with E-state index in [4.69, 9.17) is 5.11 Å². The first-order chi connectivity index (χ1) is 3.77. The van der Waals surface area contributed by atoms with E-state index < -0.39 is 5.97 Å². The summed E-state index contributed by atoms with van der Waals surface area (Å²) in [6.07, 6.45) is 1.73. The molecule has 0 fully saturated rings. The van der Waals surface area contributed by atoms with Crippen LogP contribution < -0.4 is 0 Å². The van der Waals surface area contributed by atoms with E-state index in [-0.39, 0.29) is 6.42 Å². The fraction of sp³-hybridized carbons (Fsp3) is 0.600. The molecule has 0 radical (unpaired) electrons. The van der Waals surface area contributed by atoms with Gasteiger partial charge in [-0.3, -0.25) is 9.79 Å². The zero-order valence-corrected chi connectivity index (χ0v) is 4.79. The van der Waals surface area contributed by atoms with Crippen LogP contribution in [0.25, 0.3) is 0 Å². The Hall–Kier alpha value is -0.860. The minimum Gasteiger partial charge on any atom is -0.481 e. The normalized spacial score (nSPS) is 10.1. The molecule has 3 heteroatoms. The summed E-state index contributed by atoms with van der Waals surface area (Å²) in [6, 6.07) is 0. The van der Waals surface area contributed by atoms with E-state index in [1.165, 1.54) is 0 Å². The zero-order valence-electron chi connectivity index (χ0n) is 4.79. The second-order valence-corrected chi connectivity index (χ2v) is 1.31. The predicted octanol–water partition coefficient (Wildman–Crippen LogP) is 0.552. The van der Waals surface area contributed by atoms with Crippen molar-refractivity contribution in [1.29, 1.82) is 0 Å². The van der Waals surface area contributed by atoms with Gasteiger partial charge >= 0.3 is 5.97 Å². The summed E-state index contributed by atoms with van der Waals surface area (Å²) in [5.74, 6) is -0.796. The highest BCUT2D eigenvalue weighted by atomic mass is 16.4. The van der Waals surface area contributed by atoms with Crippen LogP contribution >= 0.6 is 0 Å². The molecular formula is C5H9NO2. The van der Waals surface area contributed by atoms with Crippen LogP contribution in [-0.2, 0) is 4.79 Å². The first-order valence-corrected chi connectivity index (χ1v) is 2.43. The van der Waals surface area contributed by atoms with E-state index in [0.717, 1.165) is 0 Å². The van der Waals surface area contributed by atoms with Crippen molar-refractivity contribution in [3.05, 3.63) is 0 Å². The zero-order chi connectivity index (χ0) is 6.41. The fourth-order valence-corrected chi connectivity index (χ4v) is 0.289. The van der Waals surface area contributed by atoms with Crippen molar-refractivity contribution in [2.24, 2.45) is 4.99 Å². The van der Waals surface area contributed by atoms with E-state index >= 15 is 0 Å². The van der Waals surface area contributed by atoms with Gasteiger partial charge in [0.25, 0.3) is 0 Å². The molecule has 0 saturated carbocycles. The Morgan fingerprint density at radius 2 is 2.50 bits per heavy atom. The minimum atomic E-state index is -0.796. The lowest BCUT2D eigenvalue weighted by Gasteiger charge is -1.84. The van der Waals surface area contributed by atoms with Gasteiger partial charge in [-0.1, -0.05) is 0 Å². The van der Waals surface area contributed by atoms with Crippen molar-refractivity contribution in [1.82, 2.24) is 0 Å². The molecule has 1 N–H and O–H groups in total. The van der Waals surface area contributed by atoms with Crippen LogP contribution in [0.4, 0.5) is 0 Å². The monoisotopic (exact) mass is 115 g/mol. The SMILES string of the molecule is CC=NCCC(=O)O. The average molecular weight is 115 g/mol. The van der Waals surface area contributed by atoms with Gasteiger partial charge in [0.05, 0.1) is 6.42 Å². The smallest absolute Gasteiger partial charge is 0.305 e. The van der Waals surface area contributed by atoms with E-state index in [0.29, 0.717) is 6.54 Å². The first kappa shape index (κ1) is 7.14. The molecule has 8 heavy (non-hydrogen) atoms. The maximum absolute atomic E-state index is 9.80. The second-order valence-electron chi connectivity index (χ2n) is 1.31. The molecule has 0 spiro atoms. The summed E-state index contributed by atoms with van der Waals surface area (Å²) in [7, 11) is 0. The largest absolute Gasteiger partial charge is 0.481 e. The Balaban J connectivity index is 3.05. The summed E-state index contributed by atoms with van der Waals surface area (Å²) < 4.78 is 0. The molecule has 0 saturated heterocycles. The summed E-state index contributed by atoms with van der Waals surface area (Å²) in [5, 5.41) is 8.07. The quantitative estimate of drug-likeness (QED) is 0.546. The van der Waals surface area contributed by atoms with E-state index in [9.17, 15) is 4.79 Å². The van der Waals surface area contributed by atoms with Crippen LogP contribution in [0.3, 0.4) is 0 Å². The van der Waals surface area contributed by atoms with E-state index in [2.05, 4.69) is 4.99 Å². The highest BCUT2D eigenvalue weighted by Crippen LogP contribution is 1.77. The standard InChI is InChI=1S/C5H9NO2/c1-2-6-4-3-5(7)8/h2H,3-4H2,1H3,(H,7,8). The molecule has 0 heterocycles. The number of rotatable bonds is 3. The first-order valence-electron chi connectivity index (χ1n) is 2.43. The maximum atomic E-state index is 9.80. The van der Waals surface area contributed by atoms with Crippen molar-refractivity contribution in [2.45, 2.75) is 13.3 Å². The molecule has 0 aliphatic carbocycles. The number of carbonyl (C=O) groups is 1. The van der Waals surface area contributed by atoms with Gasteiger partial charge < -0.3 is 5.11 Å². The van der Waals surface area contributed by atoms with Crippen molar-refractivity contribution in [2.75, 3.05) is 6.54 Å². The highest BCUT2D eigenvalue weighted by Gasteiger charge is 1.90. The average Bonchev–Trinajstić information content (AvgIpc) is 1.66. The Morgan fingerprint density at radius 1 is 1.88 bits per heavy atom. The van der Waals surface area contributed by atoms with Gasteiger partial charge in [0, 0.05) is 6.54 Å². The Bertz CT molecular complexity index is 98.6. The highest BCUT2D eigenvalue weighted by molar-refractivity contribution is 5.67. The van der Waals surface area contributed by atoms with Crippen LogP contribution in [0.5, 0.6) is 0 Å². The predicted molar refractivity (Wildman–Crippen MR) is 31.3 cm³/mol. The number of aliphatic imine (C=N–C) groups is 1. The lowest BCUT2D eigenvalue weighted by atomic mass is 10.4. The molecular weight excluding hydrogens is 106 g/mol. The molecule has 0 aromatic rings. The maximum Gasteiger partial charge on any atom is 0.305 e. The van der Waals surface area contributed by atoms with Gasteiger partial charge in [-0.25, -0.2) is 0 Å². The molecule has 0 atom stereocenters. The number of carboxylic acids is 1. The van der Waals surface area contributed by atoms with Gasteiger partial charge in [0.1, 0.15) is 0 Å². The van der Waals surface area contributed by atoms with E-state index in [1.54, 1.807) is 13.1 Å². The van der Waals surface area contributed by atoms with Crippen LogP contribution in [0, 0.1) is 0 Å². The minimum absolute atomic E-state index is 0.129. The third-order valence-electron chi connectivity index (χ3n) is 0.637. The lowest BCUT2D eigenvalue weighted by Crippen LogP contribution is -1.96. The third kappa shape index (κ3) is 5.14. The number of hydrogen-bond donors (Lipinski definition) is 1. The van der Waals surface area contributed by atoms with Crippen LogP contribution in [0.1, 0.15) is 13.3 Å². The van der Waals surface area contributed by atoms with Gasteiger partial charge in [-0.05, 0) is 13.1 Å². The number of hydrogen-bond acceptors (Lipinski definition) is 2. The van der Waals surface area contributed by atoms with Gasteiger partial charge in [-0.2, -0.15) is 0 Å². The molecule has 0 aromatic carbocycles. The Kier molecular flexibility index (Phi) is 3.84. The lowest BCUT2D eigenvalue weighted by molar-refractivity contribution is -0.136. The van der Waals surface area contributed by atoms with Crippen molar-refractivity contribution in [3.8, 4) is 0 Å². The summed E-state index contributed by atoms with van der Waals surface area (Å²) in [5.41, 5.74) is 0. The van der Waals surface area contributed by atoms with Gasteiger partial charge in [0.15, 0.2) is 0 Å². The molecule has 0 aromatic heterocycles. The van der Waals surface area contributed by atoms with Gasteiger partial charge in [0.2, 0.25) is 0 Å². The molecule has 0 amide bonds. The summed E-state index contributed by atoms with van der Waals surface area (Å²) in [4.78, 5) is 13.5. The number of aliphatic carboxylic acids is 1. The summed E-state index contributed by atoms with van der Waals surface area (Å²) >= 11 is 0. The Morgan fingerprint density at radius 3 is 2.88 bits per heavy atom. The van der Waals surface area contributed by atoms with Crippen LogP contribution in [-0.4, -0.2) is 23.8 Å². The molecule has 0 bridgehead atoms. The second kappa shape index (κ2) is 4.30. The van der Waals surface area contributed by atoms with E-state index in [1.807, 2.05) is 0 Å². The van der Waals surface area contributed by atoms with Crippen molar-refractivity contribution in [3.63, 3.8) is 0 Å². The number of nitrogens with zero attached hydrogens (tertiary/aromatic N) is 1. The molecule has 0 rings (SSSR count). The fourth-order valence-electron chi connectivity index (χ4n) is 0.289. The van der Waals surface area contributed by atoms with Gasteiger partial charge in [-0.15, -0.1) is 0 Å². The topological polar surface area (TPSA) is 49.7 Å². The molecule has 0 aliphatic heterocycles. The third-order valence-corrected chi connectivity index (χ3v) is 0.637. The van der Waals surface area contributed by atoms with Crippen molar-refractivity contribution >= 4 is 12.2 Å². The molecule has 0 unspecified atom stereocenters. The molecule has 3 nitrogen and oxygen atoms in total. The molecule has 0 aliphatic rings. The number of carboxylic acid groups (broad SMARTS) is 1. The van der Waals surface area contributed by atoms with Crippen molar-refractivity contribution < 1.29 is 9.90 Å².